The number of amides is 14. The molecule has 115 heavy (non-hydrogen) atoms. The number of ether oxygens (including phenoxy) is 1. The number of nitrogens with two attached hydrogens (primary N) is 3. The number of carbonyl (C=O) groups is 20. The number of aromatic nitrogens is 1. The van der Waals surface area contributed by atoms with Crippen LogP contribution in [0.3, 0.4) is 0 Å². The molecule has 13 atom stereocenters. The predicted molar refractivity (Wildman–Crippen MR) is 397 cm³/mol. The second-order valence-corrected chi connectivity index (χ2v) is 26.9. The summed E-state index contributed by atoms with van der Waals surface area (Å²) in [6.45, 7) is -1.42. The van der Waals surface area contributed by atoms with Crippen LogP contribution in [0.15, 0.2) is 54.7 Å². The number of carboxylic acids is 4. The van der Waals surface area contributed by atoms with Gasteiger partial charge >= 0.3 is 29.8 Å². The molecule has 26 N–H and O–H groups in total. The van der Waals surface area contributed by atoms with Gasteiger partial charge in [-0.05, 0) is 62.4 Å². The second kappa shape index (κ2) is 47.6. The summed E-state index contributed by atoms with van der Waals surface area (Å²) in [6, 6.07) is -11.4. The number of esters is 1. The first-order valence-corrected chi connectivity index (χ1v) is 36.5. The molecule has 14 amide bonds. The number of hydrogen-bond acceptors (Lipinski definition) is 25. The molecule has 0 aliphatic carbocycles. The number of aromatic amines is 1. The number of nitrogen functional groups attached to an aromatic ring is 1. The monoisotopic (exact) mass is 1620 g/mol. The van der Waals surface area contributed by atoms with Gasteiger partial charge in [0, 0.05) is 47.6 Å². The quantitative estimate of drug-likeness (QED) is 0.0113. The number of benzene rings is 2. The molecule has 3 aromatic rings. The van der Waals surface area contributed by atoms with E-state index in [0.29, 0.717) is 29.3 Å². The van der Waals surface area contributed by atoms with Crippen LogP contribution in [-0.4, -0.2) is 259 Å². The van der Waals surface area contributed by atoms with Crippen molar-refractivity contribution in [1.82, 2.24) is 74.1 Å². The fourth-order valence-corrected chi connectivity index (χ4v) is 11.6. The third-order valence-corrected chi connectivity index (χ3v) is 17.7. The number of para-hydroxylation sites is 2. The summed E-state index contributed by atoms with van der Waals surface area (Å²) in [6.07, 6.45) is -3.80. The van der Waals surface area contributed by atoms with Crippen molar-refractivity contribution in [2.45, 2.75) is 196 Å². The first-order chi connectivity index (χ1) is 54.4. The van der Waals surface area contributed by atoms with Gasteiger partial charge in [-0.3, -0.25) is 91.1 Å². The smallest absolute Gasteiger partial charge is 0.329 e. The molecular formula is C71H99N17O27. The fourth-order valence-electron chi connectivity index (χ4n) is 11.6. The van der Waals surface area contributed by atoms with Gasteiger partial charge in [0.1, 0.15) is 72.6 Å². The molecule has 1 saturated heterocycles. The lowest BCUT2D eigenvalue weighted by molar-refractivity contribution is -0.156. The zero-order valence-electron chi connectivity index (χ0n) is 63.0. The molecule has 44 nitrogen and oxygen atoms in total. The van der Waals surface area contributed by atoms with Crippen molar-refractivity contribution in [1.29, 1.82) is 0 Å². The Morgan fingerprint density at radius 2 is 1.05 bits per heavy atom. The Morgan fingerprint density at radius 1 is 0.539 bits per heavy atom. The molecule has 0 spiro atoms. The molecular weight excluding hydrogens is 1520 g/mol. The average molecular weight is 1620 g/mol. The summed E-state index contributed by atoms with van der Waals surface area (Å²) in [5.41, 5.74) is 18.0. The Kier molecular flexibility index (Phi) is 39.2. The lowest BCUT2D eigenvalue weighted by atomic mass is 9.96. The van der Waals surface area contributed by atoms with E-state index in [1.165, 1.54) is 24.3 Å². The third-order valence-electron chi connectivity index (χ3n) is 17.7. The van der Waals surface area contributed by atoms with Crippen LogP contribution in [0.2, 0.25) is 0 Å². The molecule has 2 heterocycles. The minimum atomic E-state index is -2.47. The number of aliphatic hydroxyl groups is 2. The van der Waals surface area contributed by atoms with Crippen molar-refractivity contribution in [2.75, 3.05) is 38.6 Å². The minimum Gasteiger partial charge on any atom is -0.481 e. The van der Waals surface area contributed by atoms with Crippen molar-refractivity contribution >= 4 is 135 Å². The van der Waals surface area contributed by atoms with Crippen LogP contribution < -0.4 is 86.3 Å². The molecule has 1 aromatic heterocycles. The van der Waals surface area contributed by atoms with E-state index in [1.54, 1.807) is 30.5 Å². The first-order valence-electron chi connectivity index (χ1n) is 36.5. The summed E-state index contributed by atoms with van der Waals surface area (Å²) in [5.74, 6) is -30.6. The number of H-pyrrole nitrogens is 1. The number of rotatable bonds is 35. The van der Waals surface area contributed by atoms with E-state index in [0.717, 1.165) is 39.5 Å². The maximum Gasteiger partial charge on any atom is 0.329 e. The highest BCUT2D eigenvalue weighted by Gasteiger charge is 2.41. The standard InChI is InChI=1S/C71H99N17O27/c1-4-5-6-7-8-9-20-52(93)79-42(23-36-29-75-40-18-13-11-15-37(36)40)63(106)81-43(25-51(74)92)64(107)84-46(28-58(102)103)66(109)88-60-35(3)115-71(114)47(24-50(91)38-16-10-12-17-39(38)73)85-70(113)59(34(2)22-55(96)97)87-68(111)48(32-89)80-54(95)30-76-61(104)44(26-56(98)99)82-67(110)49(33-90)86-65(108)45(27-57(100)101)83-62(105)41(19-14-21-72)78-53(94)31-77-69(60)112/h10-13,15-18,29,34-35,41-49,59-60,75,89-90H,4-9,14,19-28,30-33,72-73H2,1-3H3,(H2,74,92)(H,76,104)(H,77,112)(H,78,94)(H,79,93)(H,80,95)(H,81,106)(H,82,110)(H,83,105)(H,84,107)(H,85,113)(H,86,108)(H,87,111)(H,88,109)(H,96,97)(H,98,99)(H,100,101)(H,102,103)/t34-,35?,41-,42+,43?,44+,45?,46-,47+,48?,49?,59+,60?/m1/s1. The SMILES string of the molecule is CCCCCCCCC(=O)N[C@@H](Cc1c[nH]c2ccccc12)C(=O)NC(CC(N)=O)C(=O)N[C@H](CC(=O)O)C(=O)NC1C(=O)NCC(=O)N[C@H](CCCN)C(=O)NC(CC(=O)O)C(=O)NC(CO)C(=O)N[C@@H](CC(=O)O)C(=O)NCC(=O)NC(CO)C(=O)N[C@@H]([C@H](C)CC(=O)O)C(=O)N[C@@H](CC(=O)c2ccccc2N)C(=O)OC1C. The largest absolute Gasteiger partial charge is 0.481 e. The van der Waals surface area contributed by atoms with E-state index in [4.69, 9.17) is 21.9 Å². The van der Waals surface area contributed by atoms with Gasteiger partial charge in [0.25, 0.3) is 0 Å². The van der Waals surface area contributed by atoms with Crippen molar-refractivity contribution in [2.24, 2.45) is 17.4 Å². The Morgan fingerprint density at radius 3 is 1.64 bits per heavy atom. The van der Waals surface area contributed by atoms with Gasteiger partial charge in [-0.25, -0.2) is 4.79 Å². The van der Waals surface area contributed by atoms with Gasteiger partial charge in [0.15, 0.2) is 5.78 Å². The highest BCUT2D eigenvalue weighted by atomic mass is 16.5. The molecule has 44 heteroatoms. The Hall–Kier alpha value is -12.7. The predicted octanol–water partition coefficient (Wildman–Crippen LogP) is -7.04. The minimum absolute atomic E-state index is 0.0257. The lowest BCUT2D eigenvalue weighted by Crippen LogP contribution is -2.62. The Balaban J connectivity index is 1.89. The fraction of sp³-hybridized carbons (Fsp3) is 0.521. The number of carbonyl (C=O) groups excluding carboxylic acids is 16. The summed E-state index contributed by atoms with van der Waals surface area (Å²) in [7, 11) is 0. The normalized spacial score (nSPS) is 21.2. The van der Waals surface area contributed by atoms with Crippen molar-refractivity contribution in [3.63, 3.8) is 0 Å². The second-order valence-electron chi connectivity index (χ2n) is 26.9. The third kappa shape index (κ3) is 32.1. The molecule has 1 aliphatic heterocycles. The number of cyclic esters (lactones) is 1. The van der Waals surface area contributed by atoms with Crippen molar-refractivity contribution < 1.29 is 131 Å². The number of aliphatic carboxylic acids is 4. The van der Waals surface area contributed by atoms with Gasteiger partial charge in [-0.2, -0.15) is 0 Å². The molecule has 0 bridgehead atoms. The van der Waals surface area contributed by atoms with Crippen LogP contribution in [-0.2, 0) is 102 Å². The van der Waals surface area contributed by atoms with E-state index >= 15 is 0 Å². The number of anilines is 1. The molecule has 4 rings (SSSR count). The van der Waals surface area contributed by atoms with Gasteiger partial charge in [0.05, 0.1) is 58.4 Å². The number of primary amides is 1. The van der Waals surface area contributed by atoms with Crippen LogP contribution in [0.5, 0.6) is 0 Å². The molecule has 6 unspecified atom stereocenters. The van der Waals surface area contributed by atoms with Crippen LogP contribution in [0.1, 0.15) is 133 Å². The highest BCUT2D eigenvalue weighted by molar-refractivity contribution is 6.05. The molecule has 0 radical (unpaired) electrons. The number of nitrogens with one attached hydrogen (secondary N) is 14. The van der Waals surface area contributed by atoms with E-state index in [-0.39, 0.29) is 37.1 Å². The summed E-state index contributed by atoms with van der Waals surface area (Å²) >= 11 is 0. The van der Waals surface area contributed by atoms with Crippen LogP contribution in [0.4, 0.5) is 5.69 Å². The van der Waals surface area contributed by atoms with Gasteiger partial charge in [-0.1, -0.05) is 76.3 Å². The zero-order chi connectivity index (χ0) is 85.8. The van der Waals surface area contributed by atoms with Gasteiger partial charge in [-0.15, -0.1) is 0 Å². The van der Waals surface area contributed by atoms with Crippen LogP contribution in [0.25, 0.3) is 10.9 Å². The number of ketones is 1. The Labute approximate surface area is 655 Å². The first kappa shape index (κ1) is 94.6. The van der Waals surface area contributed by atoms with E-state index in [9.17, 15) is 127 Å². The maximum absolute atomic E-state index is 14.8. The highest BCUT2D eigenvalue weighted by Crippen LogP contribution is 2.21. The summed E-state index contributed by atoms with van der Waals surface area (Å²) in [4.78, 5) is 276. The van der Waals surface area contributed by atoms with E-state index < -0.39 is 268 Å². The van der Waals surface area contributed by atoms with Gasteiger partial charge in [0.2, 0.25) is 82.7 Å². The number of carboxylic acid groups (broad SMARTS) is 4. The molecule has 630 valence electrons. The molecule has 0 saturated carbocycles. The lowest BCUT2D eigenvalue weighted by Gasteiger charge is -2.30. The number of fused-ring (bicyclic) bond motifs is 1. The topological polar surface area (TPSA) is 722 Å². The number of unbranched alkanes of at least 4 members (excludes halogenated alkanes) is 5. The number of hydrogen-bond donors (Lipinski definition) is 23. The van der Waals surface area contributed by atoms with Crippen molar-refractivity contribution in [3.05, 3.63) is 65.9 Å². The number of Topliss-reactive ketones (excluding diaryl/α,β-unsaturated/α-hetero) is 1. The molecule has 1 aliphatic rings. The molecule has 1 fully saturated rings. The Bertz CT molecular complexity index is 4040. The van der Waals surface area contributed by atoms with E-state index in [1.807, 2.05) is 28.2 Å². The van der Waals surface area contributed by atoms with Gasteiger partial charge < -0.3 is 127 Å². The zero-order valence-corrected chi connectivity index (χ0v) is 63.0. The number of aliphatic hydroxyl groups excluding tert-OH is 2. The summed E-state index contributed by atoms with van der Waals surface area (Å²) in [5, 5.41) is 88.3. The molecule has 2 aromatic carbocycles. The van der Waals surface area contributed by atoms with Crippen molar-refractivity contribution in [3.8, 4) is 0 Å². The maximum atomic E-state index is 14.8. The summed E-state index contributed by atoms with van der Waals surface area (Å²) < 4.78 is 5.67. The van der Waals surface area contributed by atoms with E-state index in [2.05, 4.69) is 52.8 Å². The van der Waals surface area contributed by atoms with Crippen LogP contribution in [0, 0.1) is 5.92 Å². The van der Waals surface area contributed by atoms with Crippen LogP contribution >= 0.6 is 0 Å². The average Bonchev–Trinajstić information content (AvgIpc) is 1.78.